The third kappa shape index (κ3) is 5.19. The number of carbonyl (C=O) groups excluding carboxylic acids is 3. The zero-order valence-electron chi connectivity index (χ0n) is 14.0. The van der Waals surface area contributed by atoms with Gasteiger partial charge in [-0.15, -0.1) is 0 Å². The molecule has 0 saturated carbocycles. The molecule has 3 amide bonds. The van der Waals surface area contributed by atoms with Crippen molar-refractivity contribution in [3.8, 4) is 0 Å². The first-order chi connectivity index (χ1) is 11.1. The van der Waals surface area contributed by atoms with E-state index in [-0.39, 0.29) is 18.8 Å². The van der Waals surface area contributed by atoms with Gasteiger partial charge in [0.05, 0.1) is 6.04 Å². The van der Waals surface area contributed by atoms with Crippen molar-refractivity contribution in [2.24, 2.45) is 17.4 Å². The average Bonchev–Trinajstić information content (AvgIpc) is 2.98. The van der Waals surface area contributed by atoms with Crippen LogP contribution in [0.1, 0.15) is 39.5 Å². The Hall–Kier alpha value is -2.16. The molecule has 0 bridgehead atoms. The van der Waals surface area contributed by atoms with Crippen molar-refractivity contribution < 1.29 is 24.3 Å². The monoisotopic (exact) mass is 342 g/mol. The topological polar surface area (TPSA) is 156 Å². The Kier molecular flexibility index (Phi) is 7.15. The number of rotatable bonds is 8. The van der Waals surface area contributed by atoms with Crippen LogP contribution in [0, 0.1) is 5.92 Å². The second kappa shape index (κ2) is 8.62. The van der Waals surface area contributed by atoms with Crippen LogP contribution >= 0.6 is 0 Å². The lowest BCUT2D eigenvalue weighted by atomic mass is 10.0. The lowest BCUT2D eigenvalue weighted by Crippen LogP contribution is -2.56. The number of carboxylic acids is 1. The third-order valence-corrected chi connectivity index (χ3v) is 4.09. The van der Waals surface area contributed by atoms with Gasteiger partial charge >= 0.3 is 5.97 Å². The number of likely N-dealkylation sites (tertiary alicyclic amines) is 1. The summed E-state index contributed by atoms with van der Waals surface area (Å²) in [4.78, 5) is 48.1. The van der Waals surface area contributed by atoms with Gasteiger partial charge in [0.2, 0.25) is 17.7 Å². The number of hydrogen-bond acceptors (Lipinski definition) is 5. The zero-order valence-corrected chi connectivity index (χ0v) is 14.0. The van der Waals surface area contributed by atoms with Crippen LogP contribution in [0.15, 0.2) is 0 Å². The largest absolute Gasteiger partial charge is 0.480 e. The summed E-state index contributed by atoms with van der Waals surface area (Å²) >= 11 is 0. The molecule has 0 aromatic heterocycles. The number of nitrogens with zero attached hydrogens (tertiary/aromatic N) is 1. The Labute approximate surface area is 140 Å². The molecule has 6 N–H and O–H groups in total. The van der Waals surface area contributed by atoms with E-state index in [9.17, 15) is 24.3 Å². The predicted octanol–water partition coefficient (Wildman–Crippen LogP) is -1.20. The molecule has 1 fully saturated rings. The van der Waals surface area contributed by atoms with E-state index in [0.717, 1.165) is 0 Å². The molecule has 1 saturated heterocycles. The van der Waals surface area contributed by atoms with Crippen LogP contribution in [0.25, 0.3) is 0 Å². The molecule has 1 heterocycles. The van der Waals surface area contributed by atoms with Crippen LogP contribution in [0.3, 0.4) is 0 Å². The summed E-state index contributed by atoms with van der Waals surface area (Å²) in [6, 6.07) is -2.68. The summed E-state index contributed by atoms with van der Waals surface area (Å²) in [5.74, 6) is -2.83. The molecular formula is C15H26N4O5. The minimum atomic E-state index is -1.05. The molecule has 3 atom stereocenters. The smallest absolute Gasteiger partial charge is 0.326 e. The molecule has 9 nitrogen and oxygen atoms in total. The fourth-order valence-electron chi connectivity index (χ4n) is 2.67. The van der Waals surface area contributed by atoms with Gasteiger partial charge in [-0.2, -0.15) is 0 Å². The molecule has 136 valence electrons. The van der Waals surface area contributed by atoms with Crippen molar-refractivity contribution in [3.63, 3.8) is 0 Å². The zero-order chi connectivity index (χ0) is 18.4. The van der Waals surface area contributed by atoms with Crippen LogP contribution in [0.2, 0.25) is 0 Å². The molecule has 0 radical (unpaired) electrons. The van der Waals surface area contributed by atoms with Crippen LogP contribution < -0.4 is 16.8 Å². The quantitative estimate of drug-likeness (QED) is 0.434. The fraction of sp³-hybridized carbons (Fsp3) is 0.733. The Morgan fingerprint density at radius 3 is 2.42 bits per heavy atom. The normalized spacial score (nSPS) is 19.8. The lowest BCUT2D eigenvalue weighted by Gasteiger charge is -2.30. The van der Waals surface area contributed by atoms with E-state index in [1.807, 2.05) is 0 Å². The van der Waals surface area contributed by atoms with Gasteiger partial charge in [-0.05, 0) is 25.2 Å². The maximum absolute atomic E-state index is 12.7. The van der Waals surface area contributed by atoms with E-state index in [2.05, 4.69) is 5.32 Å². The minimum absolute atomic E-state index is 0.0257. The van der Waals surface area contributed by atoms with E-state index in [1.54, 1.807) is 13.8 Å². The highest BCUT2D eigenvalue weighted by Gasteiger charge is 2.38. The number of amides is 3. The van der Waals surface area contributed by atoms with Crippen molar-refractivity contribution in [3.05, 3.63) is 0 Å². The van der Waals surface area contributed by atoms with Gasteiger partial charge in [0.25, 0.3) is 0 Å². The van der Waals surface area contributed by atoms with E-state index < -0.39 is 41.8 Å². The first-order valence-electron chi connectivity index (χ1n) is 8.02. The lowest BCUT2D eigenvalue weighted by molar-refractivity contribution is -0.150. The summed E-state index contributed by atoms with van der Waals surface area (Å²) in [5.41, 5.74) is 10.7. The molecule has 0 aliphatic carbocycles. The summed E-state index contributed by atoms with van der Waals surface area (Å²) in [5, 5.41) is 11.8. The SMILES string of the molecule is CC(C)[C@H](NC(=O)[C@@H](N)CCC(N)=O)C(=O)N1CCC[C@@H]1C(=O)O. The van der Waals surface area contributed by atoms with Crippen LogP contribution in [-0.4, -0.2) is 58.4 Å². The van der Waals surface area contributed by atoms with Gasteiger partial charge in [0.1, 0.15) is 12.1 Å². The van der Waals surface area contributed by atoms with Crippen molar-refractivity contribution >= 4 is 23.7 Å². The molecule has 0 unspecified atom stereocenters. The highest BCUT2D eigenvalue weighted by atomic mass is 16.4. The van der Waals surface area contributed by atoms with Gasteiger partial charge in [0.15, 0.2) is 0 Å². The number of primary amides is 1. The third-order valence-electron chi connectivity index (χ3n) is 4.09. The number of carboxylic acid groups (broad SMARTS) is 1. The molecule has 9 heteroatoms. The number of carbonyl (C=O) groups is 4. The minimum Gasteiger partial charge on any atom is -0.480 e. The Balaban J connectivity index is 2.76. The van der Waals surface area contributed by atoms with Gasteiger partial charge in [-0.3, -0.25) is 14.4 Å². The molecule has 1 aliphatic rings. The summed E-state index contributed by atoms with van der Waals surface area (Å²) in [6.45, 7) is 3.86. The second-order valence-electron chi connectivity index (χ2n) is 6.37. The molecule has 24 heavy (non-hydrogen) atoms. The van der Waals surface area contributed by atoms with Gasteiger partial charge in [-0.1, -0.05) is 13.8 Å². The van der Waals surface area contributed by atoms with Crippen LogP contribution in [0.4, 0.5) is 0 Å². The first kappa shape index (κ1) is 19.9. The van der Waals surface area contributed by atoms with Crippen molar-refractivity contribution in [2.75, 3.05) is 6.54 Å². The van der Waals surface area contributed by atoms with Crippen molar-refractivity contribution in [1.82, 2.24) is 10.2 Å². The summed E-state index contributed by atoms with van der Waals surface area (Å²) in [6.07, 6.45) is 1.07. The Bertz CT molecular complexity index is 508. The second-order valence-corrected chi connectivity index (χ2v) is 6.37. The standard InChI is InChI=1S/C15H26N4O5/c1-8(2)12(18-13(21)9(16)5-6-11(17)20)14(22)19-7-3-4-10(19)15(23)24/h8-10,12H,3-7,16H2,1-2H3,(H2,17,20)(H,18,21)(H,23,24)/t9-,10+,12-/m0/s1. The Morgan fingerprint density at radius 1 is 1.29 bits per heavy atom. The van der Waals surface area contributed by atoms with Crippen molar-refractivity contribution in [1.29, 1.82) is 0 Å². The first-order valence-corrected chi connectivity index (χ1v) is 8.02. The molecule has 1 aliphatic heterocycles. The van der Waals surface area contributed by atoms with E-state index in [1.165, 1.54) is 4.90 Å². The van der Waals surface area contributed by atoms with Crippen molar-refractivity contribution in [2.45, 2.75) is 57.7 Å². The van der Waals surface area contributed by atoms with Crippen LogP contribution in [0.5, 0.6) is 0 Å². The number of nitrogens with one attached hydrogen (secondary N) is 1. The predicted molar refractivity (Wildman–Crippen MR) is 85.5 cm³/mol. The molecule has 0 aromatic rings. The molecule has 1 rings (SSSR count). The number of hydrogen-bond donors (Lipinski definition) is 4. The maximum Gasteiger partial charge on any atom is 0.326 e. The van der Waals surface area contributed by atoms with E-state index >= 15 is 0 Å². The highest BCUT2D eigenvalue weighted by molar-refractivity contribution is 5.92. The molecular weight excluding hydrogens is 316 g/mol. The fourth-order valence-corrected chi connectivity index (χ4v) is 2.67. The van der Waals surface area contributed by atoms with Gasteiger partial charge in [-0.25, -0.2) is 4.79 Å². The summed E-state index contributed by atoms with van der Waals surface area (Å²) in [7, 11) is 0. The maximum atomic E-state index is 12.7. The van der Waals surface area contributed by atoms with Crippen LogP contribution in [-0.2, 0) is 19.2 Å². The van der Waals surface area contributed by atoms with E-state index in [4.69, 9.17) is 11.5 Å². The molecule has 0 aromatic carbocycles. The average molecular weight is 342 g/mol. The Morgan fingerprint density at radius 2 is 1.92 bits per heavy atom. The van der Waals surface area contributed by atoms with E-state index in [0.29, 0.717) is 19.4 Å². The molecule has 0 spiro atoms. The van der Waals surface area contributed by atoms with Gasteiger partial charge < -0.3 is 26.8 Å². The number of nitrogens with two attached hydrogens (primary N) is 2. The number of aliphatic carboxylic acids is 1. The summed E-state index contributed by atoms with van der Waals surface area (Å²) < 4.78 is 0. The highest BCUT2D eigenvalue weighted by Crippen LogP contribution is 2.20. The van der Waals surface area contributed by atoms with Gasteiger partial charge in [0, 0.05) is 13.0 Å².